The number of halogens is 1. The first-order valence-electron chi connectivity index (χ1n) is 9.11. The molecule has 1 aromatic carbocycles. The zero-order valence-electron chi connectivity index (χ0n) is 15.2. The summed E-state index contributed by atoms with van der Waals surface area (Å²) in [7, 11) is 0. The smallest absolute Gasteiger partial charge is 0.243 e. The van der Waals surface area contributed by atoms with Crippen LogP contribution in [0.2, 0.25) is 0 Å². The average Bonchev–Trinajstić information content (AvgIpc) is 3.05. The lowest BCUT2D eigenvalue weighted by molar-refractivity contribution is -0.141. The zero-order valence-corrected chi connectivity index (χ0v) is 15.2. The normalized spacial score (nSPS) is 24.9. The number of amides is 2. The van der Waals surface area contributed by atoms with Gasteiger partial charge >= 0.3 is 0 Å². The van der Waals surface area contributed by atoms with Crippen molar-refractivity contribution < 1.29 is 23.9 Å². The van der Waals surface area contributed by atoms with Gasteiger partial charge in [-0.05, 0) is 37.5 Å². The summed E-state index contributed by atoms with van der Waals surface area (Å²) < 4.78 is 13.0. The van der Waals surface area contributed by atoms with Crippen LogP contribution in [-0.2, 0) is 21.0 Å². The van der Waals surface area contributed by atoms with Gasteiger partial charge in [0.25, 0.3) is 0 Å². The predicted octanol–water partition coefficient (Wildman–Crippen LogP) is 1.35. The molecule has 2 aliphatic rings. The molecule has 3 atom stereocenters. The van der Waals surface area contributed by atoms with Gasteiger partial charge in [-0.2, -0.15) is 0 Å². The summed E-state index contributed by atoms with van der Waals surface area (Å²) in [4.78, 5) is 31.9. The van der Waals surface area contributed by atoms with E-state index in [0.717, 1.165) is 17.7 Å². The molecule has 1 aromatic rings. The average molecular weight is 377 g/mol. The zero-order chi connectivity index (χ0) is 19.4. The standard InChI is InChI=1S/C19H24FN3O4/c1-12-2-7-16(27-22-12)9-18(25)23-11-15(24)8-17(23)19(26)21-10-13-3-5-14(20)6-4-13/h3-6,15-17,24H,2,7-11H2,1H3,(H,21,26)/t15-,16?,17+/m1/s1. The van der Waals surface area contributed by atoms with Crippen LogP contribution >= 0.6 is 0 Å². The van der Waals surface area contributed by atoms with Crippen LogP contribution in [0, 0.1) is 5.82 Å². The van der Waals surface area contributed by atoms with Crippen molar-refractivity contribution in [1.29, 1.82) is 0 Å². The fraction of sp³-hybridized carbons (Fsp3) is 0.526. The molecule has 0 aromatic heterocycles. The Balaban J connectivity index is 1.56. The minimum Gasteiger partial charge on any atom is -0.392 e. The molecule has 0 spiro atoms. The van der Waals surface area contributed by atoms with Crippen LogP contribution in [0.3, 0.4) is 0 Å². The first-order chi connectivity index (χ1) is 12.9. The number of aliphatic hydroxyl groups is 1. The van der Waals surface area contributed by atoms with Crippen LogP contribution in [0.4, 0.5) is 4.39 Å². The van der Waals surface area contributed by atoms with Gasteiger partial charge in [-0.25, -0.2) is 4.39 Å². The largest absolute Gasteiger partial charge is 0.392 e. The van der Waals surface area contributed by atoms with Crippen LogP contribution < -0.4 is 5.32 Å². The van der Waals surface area contributed by atoms with E-state index >= 15 is 0 Å². The highest BCUT2D eigenvalue weighted by molar-refractivity contribution is 5.88. The van der Waals surface area contributed by atoms with Crippen LogP contribution in [-0.4, -0.2) is 52.3 Å². The highest BCUT2D eigenvalue weighted by Crippen LogP contribution is 2.22. The number of oxime groups is 1. The summed E-state index contributed by atoms with van der Waals surface area (Å²) in [5.74, 6) is -0.902. The molecule has 3 rings (SSSR count). The number of nitrogens with zero attached hydrogens (tertiary/aromatic N) is 2. The van der Waals surface area contributed by atoms with Gasteiger partial charge in [-0.1, -0.05) is 17.3 Å². The second-order valence-electron chi connectivity index (χ2n) is 7.09. The van der Waals surface area contributed by atoms with E-state index in [1.807, 2.05) is 6.92 Å². The third-order valence-electron chi connectivity index (χ3n) is 4.87. The van der Waals surface area contributed by atoms with Gasteiger partial charge in [0.2, 0.25) is 11.8 Å². The molecule has 0 saturated carbocycles. The highest BCUT2D eigenvalue weighted by atomic mass is 19.1. The molecular formula is C19H24FN3O4. The van der Waals surface area contributed by atoms with Crippen molar-refractivity contribution >= 4 is 17.5 Å². The molecule has 1 unspecified atom stereocenters. The van der Waals surface area contributed by atoms with Gasteiger partial charge < -0.3 is 20.2 Å². The summed E-state index contributed by atoms with van der Waals surface area (Å²) in [6, 6.07) is 5.10. The lowest BCUT2D eigenvalue weighted by atomic mass is 10.1. The maximum absolute atomic E-state index is 13.0. The predicted molar refractivity (Wildman–Crippen MR) is 96.2 cm³/mol. The summed E-state index contributed by atoms with van der Waals surface area (Å²) in [6.07, 6.45) is 0.778. The molecule has 0 radical (unpaired) electrons. The molecule has 1 saturated heterocycles. The first-order valence-corrected chi connectivity index (χ1v) is 9.11. The van der Waals surface area contributed by atoms with Crippen molar-refractivity contribution in [2.75, 3.05) is 6.54 Å². The van der Waals surface area contributed by atoms with Gasteiger partial charge in [0.1, 0.15) is 18.0 Å². The molecule has 8 heteroatoms. The van der Waals surface area contributed by atoms with Gasteiger partial charge in [-0.15, -0.1) is 0 Å². The fourth-order valence-corrected chi connectivity index (χ4v) is 3.33. The van der Waals surface area contributed by atoms with Crippen LogP contribution in [0.15, 0.2) is 29.4 Å². The molecule has 2 N–H and O–H groups in total. The maximum atomic E-state index is 13.0. The van der Waals surface area contributed by atoms with E-state index in [4.69, 9.17) is 4.84 Å². The molecule has 27 heavy (non-hydrogen) atoms. The topological polar surface area (TPSA) is 91.2 Å². The minimum absolute atomic E-state index is 0.127. The molecule has 0 bridgehead atoms. The number of hydrogen-bond donors (Lipinski definition) is 2. The lowest BCUT2D eigenvalue weighted by Gasteiger charge is -2.26. The van der Waals surface area contributed by atoms with E-state index in [9.17, 15) is 19.1 Å². The van der Waals surface area contributed by atoms with Crippen molar-refractivity contribution in [3.05, 3.63) is 35.6 Å². The van der Waals surface area contributed by atoms with Gasteiger partial charge in [0.05, 0.1) is 18.2 Å². The number of β-amino-alcohol motifs (C(OH)–C–C–N with tert-alkyl or cyclic N) is 1. The third kappa shape index (κ3) is 5.03. The summed E-state index contributed by atoms with van der Waals surface area (Å²) in [5, 5.41) is 16.6. The Hall–Kier alpha value is -2.48. The Bertz CT molecular complexity index is 722. The summed E-state index contributed by atoms with van der Waals surface area (Å²) >= 11 is 0. The molecule has 146 valence electrons. The Morgan fingerprint density at radius 2 is 2.11 bits per heavy atom. The Kier molecular flexibility index (Phi) is 6.05. The van der Waals surface area contributed by atoms with E-state index in [-0.39, 0.29) is 49.7 Å². The van der Waals surface area contributed by atoms with Gasteiger partial charge in [-0.3, -0.25) is 9.59 Å². The van der Waals surface area contributed by atoms with Crippen molar-refractivity contribution in [1.82, 2.24) is 10.2 Å². The first kappa shape index (κ1) is 19.3. The maximum Gasteiger partial charge on any atom is 0.243 e. The van der Waals surface area contributed by atoms with E-state index < -0.39 is 12.1 Å². The lowest BCUT2D eigenvalue weighted by Crippen LogP contribution is -2.46. The van der Waals surface area contributed by atoms with E-state index in [1.54, 1.807) is 12.1 Å². The number of hydrogen-bond acceptors (Lipinski definition) is 5. The highest BCUT2D eigenvalue weighted by Gasteiger charge is 2.39. The number of benzene rings is 1. The van der Waals surface area contributed by atoms with Crippen molar-refractivity contribution in [2.45, 2.75) is 57.4 Å². The summed E-state index contributed by atoms with van der Waals surface area (Å²) in [6.45, 7) is 2.23. The van der Waals surface area contributed by atoms with Crippen LogP contribution in [0.5, 0.6) is 0 Å². The molecule has 0 aliphatic carbocycles. The number of nitrogens with one attached hydrogen (secondary N) is 1. The second-order valence-corrected chi connectivity index (χ2v) is 7.09. The number of likely N-dealkylation sites (tertiary alicyclic amines) is 1. The fourth-order valence-electron chi connectivity index (χ4n) is 3.33. The molecule has 1 fully saturated rings. The van der Waals surface area contributed by atoms with Crippen molar-refractivity contribution in [2.24, 2.45) is 5.16 Å². The van der Waals surface area contributed by atoms with Crippen LogP contribution in [0.25, 0.3) is 0 Å². The molecule has 7 nitrogen and oxygen atoms in total. The number of rotatable bonds is 5. The van der Waals surface area contributed by atoms with E-state index in [2.05, 4.69) is 10.5 Å². The number of carbonyl (C=O) groups is 2. The number of aliphatic hydroxyl groups excluding tert-OH is 1. The molecule has 2 heterocycles. The molecular weight excluding hydrogens is 353 g/mol. The van der Waals surface area contributed by atoms with Gasteiger partial charge in [0, 0.05) is 19.5 Å². The SMILES string of the molecule is CC1=NOC(CC(=O)N2C[C@H](O)C[C@H]2C(=O)NCc2ccc(F)cc2)CC1. The van der Waals surface area contributed by atoms with E-state index in [0.29, 0.717) is 6.42 Å². The van der Waals surface area contributed by atoms with Gasteiger partial charge in [0.15, 0.2) is 0 Å². The third-order valence-corrected chi connectivity index (χ3v) is 4.87. The van der Waals surface area contributed by atoms with Crippen molar-refractivity contribution in [3.8, 4) is 0 Å². The van der Waals surface area contributed by atoms with E-state index in [1.165, 1.54) is 17.0 Å². The molecule has 2 amide bonds. The van der Waals surface area contributed by atoms with Crippen LogP contribution in [0.1, 0.15) is 38.2 Å². The number of carbonyl (C=O) groups excluding carboxylic acids is 2. The van der Waals surface area contributed by atoms with Crippen molar-refractivity contribution in [3.63, 3.8) is 0 Å². The summed E-state index contributed by atoms with van der Waals surface area (Å²) in [5.41, 5.74) is 1.65. The second kappa shape index (κ2) is 8.47. The quantitative estimate of drug-likeness (QED) is 0.810. The monoisotopic (exact) mass is 377 g/mol. The Labute approximate surface area is 157 Å². The molecule has 2 aliphatic heterocycles. The Morgan fingerprint density at radius 3 is 2.78 bits per heavy atom. The minimum atomic E-state index is -0.733. The Morgan fingerprint density at radius 1 is 1.37 bits per heavy atom.